The summed E-state index contributed by atoms with van der Waals surface area (Å²) in [4.78, 5) is 29.5. The summed E-state index contributed by atoms with van der Waals surface area (Å²) in [5.41, 5.74) is 1.23. The van der Waals surface area contributed by atoms with Gasteiger partial charge in [0.05, 0.1) is 5.92 Å². The second-order valence-corrected chi connectivity index (χ2v) is 6.09. The highest BCUT2D eigenvalue weighted by atomic mass is 16.4. The zero-order valence-corrected chi connectivity index (χ0v) is 12.8. The van der Waals surface area contributed by atoms with E-state index in [2.05, 4.69) is 19.9 Å². The molecule has 0 aliphatic carbocycles. The molecule has 0 spiro atoms. The maximum Gasteiger partial charge on any atom is 0.252 e. The second kappa shape index (κ2) is 4.93. The molecule has 0 aromatic carbocycles. The van der Waals surface area contributed by atoms with E-state index >= 15 is 0 Å². The largest absolute Gasteiger partial charge is 0.422 e. The van der Waals surface area contributed by atoms with Crippen molar-refractivity contribution in [3.05, 3.63) is 12.2 Å². The van der Waals surface area contributed by atoms with Gasteiger partial charge in [-0.3, -0.25) is 4.79 Å². The molecular formula is C15H19N5O2. The van der Waals surface area contributed by atoms with Crippen LogP contribution in [-0.4, -0.2) is 51.9 Å². The Kier molecular flexibility index (Phi) is 3.02. The standard InChI is InChI=1S/C15H19N5O2/c1-3-11-18-12-13(16-8-17-14(12)22-11)20-6-9-4-5-10(7-20)19(2)15(9)21/h8-10H,3-7H2,1-2H3/t9-,10+/m1/s1. The topological polar surface area (TPSA) is 75.4 Å². The van der Waals surface area contributed by atoms with E-state index in [-0.39, 0.29) is 17.9 Å². The molecule has 2 bridgehead atoms. The predicted octanol–water partition coefficient (Wildman–Crippen LogP) is 1.24. The number of hydrogen-bond donors (Lipinski definition) is 0. The van der Waals surface area contributed by atoms with Crippen LogP contribution in [0.15, 0.2) is 10.7 Å². The number of rotatable bonds is 2. The zero-order chi connectivity index (χ0) is 15.3. The van der Waals surface area contributed by atoms with Crippen molar-refractivity contribution >= 4 is 23.0 Å². The lowest BCUT2D eigenvalue weighted by molar-refractivity contribution is -0.138. The minimum absolute atomic E-state index is 0.0475. The Morgan fingerprint density at radius 1 is 1.32 bits per heavy atom. The van der Waals surface area contributed by atoms with Gasteiger partial charge in [0.25, 0.3) is 5.71 Å². The normalized spacial score (nSPS) is 25.1. The molecule has 1 amide bonds. The Morgan fingerprint density at radius 3 is 3.00 bits per heavy atom. The first kappa shape index (κ1) is 13.5. The molecule has 0 saturated carbocycles. The number of aromatic nitrogens is 3. The predicted molar refractivity (Wildman–Crippen MR) is 80.5 cm³/mol. The maximum absolute atomic E-state index is 12.3. The summed E-state index contributed by atoms with van der Waals surface area (Å²) < 4.78 is 5.63. The number of aryl methyl sites for hydroxylation is 1. The van der Waals surface area contributed by atoms with Crippen molar-refractivity contribution in [3.8, 4) is 0 Å². The lowest BCUT2D eigenvalue weighted by atomic mass is 9.95. The minimum Gasteiger partial charge on any atom is -0.422 e. The quantitative estimate of drug-likeness (QED) is 0.830. The SMILES string of the molecule is CCc1nc2c(N3C[C@H]4CC[C@@H](C3)N(C)C4=O)ncnc2o1. The number of nitrogens with zero attached hydrogens (tertiary/aromatic N) is 5. The monoisotopic (exact) mass is 301 g/mol. The fourth-order valence-electron chi connectivity index (χ4n) is 3.50. The van der Waals surface area contributed by atoms with Gasteiger partial charge < -0.3 is 14.2 Å². The van der Waals surface area contributed by atoms with Crippen molar-refractivity contribution in [2.75, 3.05) is 25.0 Å². The van der Waals surface area contributed by atoms with Crippen molar-refractivity contribution < 1.29 is 9.21 Å². The van der Waals surface area contributed by atoms with Gasteiger partial charge in [0.1, 0.15) is 6.33 Å². The summed E-state index contributed by atoms with van der Waals surface area (Å²) in [6, 6.07) is 0.244. The third-order valence-corrected chi connectivity index (χ3v) is 4.79. The van der Waals surface area contributed by atoms with Crippen LogP contribution in [0.2, 0.25) is 0 Å². The molecule has 3 aliphatic rings. The number of carbonyl (C=O) groups is 1. The molecule has 3 saturated heterocycles. The van der Waals surface area contributed by atoms with E-state index < -0.39 is 0 Å². The number of fused-ring (bicyclic) bond motifs is 5. The van der Waals surface area contributed by atoms with E-state index in [0.29, 0.717) is 23.7 Å². The Bertz CT molecular complexity index is 728. The first-order valence-electron chi connectivity index (χ1n) is 7.79. The van der Waals surface area contributed by atoms with Crippen molar-refractivity contribution in [3.63, 3.8) is 0 Å². The fourth-order valence-corrected chi connectivity index (χ4v) is 3.50. The summed E-state index contributed by atoms with van der Waals surface area (Å²) in [6.45, 7) is 3.48. The van der Waals surface area contributed by atoms with E-state index in [0.717, 1.165) is 31.6 Å². The molecule has 5 heterocycles. The summed E-state index contributed by atoms with van der Waals surface area (Å²) >= 11 is 0. The molecule has 3 aliphatic heterocycles. The molecule has 0 unspecified atom stereocenters. The second-order valence-electron chi connectivity index (χ2n) is 6.09. The number of hydrogen-bond acceptors (Lipinski definition) is 6. The zero-order valence-electron chi connectivity index (χ0n) is 12.8. The van der Waals surface area contributed by atoms with Crippen LogP contribution >= 0.6 is 0 Å². The molecule has 116 valence electrons. The first-order chi connectivity index (χ1) is 10.7. The van der Waals surface area contributed by atoms with Gasteiger partial charge in [0.2, 0.25) is 5.91 Å². The number of oxazole rings is 1. The highest BCUT2D eigenvalue weighted by molar-refractivity contribution is 5.84. The summed E-state index contributed by atoms with van der Waals surface area (Å²) in [5, 5.41) is 0. The van der Waals surface area contributed by atoms with Crippen LogP contribution in [0.5, 0.6) is 0 Å². The van der Waals surface area contributed by atoms with E-state index in [1.807, 2.05) is 18.9 Å². The van der Waals surface area contributed by atoms with Crippen LogP contribution < -0.4 is 4.90 Å². The third kappa shape index (κ3) is 1.95. The molecule has 0 radical (unpaired) electrons. The number of piperidine rings is 1. The van der Waals surface area contributed by atoms with E-state index in [1.165, 1.54) is 6.33 Å². The van der Waals surface area contributed by atoms with Gasteiger partial charge in [-0.1, -0.05) is 6.92 Å². The van der Waals surface area contributed by atoms with Crippen molar-refractivity contribution in [2.45, 2.75) is 32.2 Å². The molecular weight excluding hydrogens is 282 g/mol. The first-order valence-corrected chi connectivity index (χ1v) is 7.79. The molecule has 0 N–H and O–H groups in total. The highest BCUT2D eigenvalue weighted by Crippen LogP contribution is 2.32. The average Bonchev–Trinajstić information content (AvgIpc) is 2.78. The van der Waals surface area contributed by atoms with Gasteiger partial charge >= 0.3 is 0 Å². The molecule has 2 aromatic rings. The van der Waals surface area contributed by atoms with Crippen molar-refractivity contribution in [1.82, 2.24) is 19.9 Å². The van der Waals surface area contributed by atoms with Crippen molar-refractivity contribution in [1.29, 1.82) is 0 Å². The lowest BCUT2D eigenvalue weighted by Crippen LogP contribution is -2.45. The molecule has 7 heteroatoms. The highest BCUT2D eigenvalue weighted by Gasteiger charge is 2.39. The van der Waals surface area contributed by atoms with Gasteiger partial charge in [0.15, 0.2) is 17.2 Å². The summed E-state index contributed by atoms with van der Waals surface area (Å²) in [5.74, 6) is 1.75. The molecule has 7 nitrogen and oxygen atoms in total. The molecule has 5 rings (SSSR count). The van der Waals surface area contributed by atoms with Crippen LogP contribution in [0, 0.1) is 5.92 Å². The van der Waals surface area contributed by atoms with Crippen LogP contribution in [0.1, 0.15) is 25.7 Å². The Morgan fingerprint density at radius 2 is 2.18 bits per heavy atom. The van der Waals surface area contributed by atoms with E-state index in [4.69, 9.17) is 4.42 Å². The maximum atomic E-state index is 12.3. The van der Waals surface area contributed by atoms with Gasteiger partial charge in [-0.2, -0.15) is 4.98 Å². The molecule has 3 fully saturated rings. The minimum atomic E-state index is 0.0475. The Balaban J connectivity index is 1.76. The van der Waals surface area contributed by atoms with Gasteiger partial charge in [-0.05, 0) is 12.8 Å². The fraction of sp³-hybridized carbons (Fsp3) is 0.600. The van der Waals surface area contributed by atoms with Crippen LogP contribution in [-0.2, 0) is 11.2 Å². The van der Waals surface area contributed by atoms with E-state index in [9.17, 15) is 4.79 Å². The smallest absolute Gasteiger partial charge is 0.252 e. The Hall–Kier alpha value is -2.18. The average molecular weight is 301 g/mol. The van der Waals surface area contributed by atoms with Gasteiger partial charge in [-0.25, -0.2) is 9.97 Å². The summed E-state index contributed by atoms with van der Waals surface area (Å²) in [7, 11) is 1.91. The van der Waals surface area contributed by atoms with Crippen molar-refractivity contribution in [2.24, 2.45) is 5.92 Å². The number of amides is 1. The summed E-state index contributed by atoms with van der Waals surface area (Å²) in [6.07, 6.45) is 4.25. The lowest BCUT2D eigenvalue weighted by Gasteiger charge is -2.32. The number of likely N-dealkylation sites (N-methyl/N-ethyl adjacent to an activating group) is 1. The number of carbonyl (C=O) groups excluding carboxylic acids is 1. The van der Waals surface area contributed by atoms with Crippen LogP contribution in [0.3, 0.4) is 0 Å². The third-order valence-electron chi connectivity index (χ3n) is 4.79. The van der Waals surface area contributed by atoms with Gasteiger partial charge in [-0.15, -0.1) is 0 Å². The van der Waals surface area contributed by atoms with Crippen LogP contribution in [0.4, 0.5) is 5.82 Å². The Labute approximate surface area is 128 Å². The van der Waals surface area contributed by atoms with E-state index in [1.54, 1.807) is 0 Å². The molecule has 2 aromatic heterocycles. The molecule has 2 atom stereocenters. The van der Waals surface area contributed by atoms with Gasteiger partial charge in [0, 0.05) is 32.6 Å². The number of anilines is 1. The van der Waals surface area contributed by atoms with Crippen LogP contribution in [0.25, 0.3) is 11.2 Å². The molecule has 22 heavy (non-hydrogen) atoms.